The van der Waals surface area contributed by atoms with E-state index in [1.54, 1.807) is 24.3 Å². The summed E-state index contributed by atoms with van der Waals surface area (Å²) in [6.45, 7) is 4.31. The SMILES string of the molecule is N#Cc1ccc(N2CCN(C[C@@H](O)COc3ccc(O)cc3)CC2)cc1. The van der Waals surface area contributed by atoms with Gasteiger partial charge in [0, 0.05) is 38.4 Å². The van der Waals surface area contributed by atoms with E-state index >= 15 is 0 Å². The van der Waals surface area contributed by atoms with Gasteiger partial charge in [0.05, 0.1) is 11.6 Å². The van der Waals surface area contributed by atoms with Crippen LogP contribution >= 0.6 is 0 Å². The molecule has 1 saturated heterocycles. The van der Waals surface area contributed by atoms with Gasteiger partial charge in [-0.25, -0.2) is 0 Å². The Labute approximate surface area is 153 Å². The van der Waals surface area contributed by atoms with Gasteiger partial charge in [-0.3, -0.25) is 4.90 Å². The molecule has 1 fully saturated rings. The zero-order valence-electron chi connectivity index (χ0n) is 14.6. The van der Waals surface area contributed by atoms with E-state index in [0.717, 1.165) is 31.9 Å². The van der Waals surface area contributed by atoms with Gasteiger partial charge in [-0.2, -0.15) is 5.26 Å². The largest absolute Gasteiger partial charge is 0.508 e. The van der Waals surface area contributed by atoms with Crippen LogP contribution in [0, 0.1) is 11.3 Å². The van der Waals surface area contributed by atoms with Gasteiger partial charge in [0.15, 0.2) is 0 Å². The Hall–Kier alpha value is -2.75. The molecule has 0 radical (unpaired) electrons. The topological polar surface area (TPSA) is 80.0 Å². The molecule has 1 aliphatic heterocycles. The number of β-amino-alcohol motifs (C(OH)–C–C–N with tert-alkyl or cyclic N) is 1. The van der Waals surface area contributed by atoms with E-state index in [1.807, 2.05) is 24.3 Å². The molecule has 0 saturated carbocycles. The number of piperazine rings is 1. The number of nitriles is 1. The Kier molecular flexibility index (Phi) is 5.95. The molecule has 1 atom stereocenters. The minimum absolute atomic E-state index is 0.193. The molecule has 136 valence electrons. The number of nitrogens with zero attached hydrogens (tertiary/aromatic N) is 3. The normalized spacial score (nSPS) is 16.1. The summed E-state index contributed by atoms with van der Waals surface area (Å²) in [5, 5.41) is 28.3. The lowest BCUT2D eigenvalue weighted by molar-refractivity contribution is 0.0663. The number of phenolic OH excluding ortho intramolecular Hbond substituents is 1. The smallest absolute Gasteiger partial charge is 0.119 e. The number of benzene rings is 2. The van der Waals surface area contributed by atoms with Crippen LogP contribution < -0.4 is 9.64 Å². The molecule has 6 heteroatoms. The van der Waals surface area contributed by atoms with Gasteiger partial charge >= 0.3 is 0 Å². The van der Waals surface area contributed by atoms with Crippen molar-refractivity contribution in [3.8, 4) is 17.6 Å². The molecule has 1 heterocycles. The van der Waals surface area contributed by atoms with Crippen LogP contribution in [-0.4, -0.2) is 60.5 Å². The zero-order chi connectivity index (χ0) is 18.4. The molecule has 6 nitrogen and oxygen atoms in total. The molecular weight excluding hydrogens is 330 g/mol. The summed E-state index contributed by atoms with van der Waals surface area (Å²) in [5.41, 5.74) is 1.80. The van der Waals surface area contributed by atoms with Gasteiger partial charge in [-0.15, -0.1) is 0 Å². The summed E-state index contributed by atoms with van der Waals surface area (Å²) in [4.78, 5) is 4.52. The fourth-order valence-electron chi connectivity index (χ4n) is 3.02. The summed E-state index contributed by atoms with van der Waals surface area (Å²) in [6.07, 6.45) is -0.565. The molecule has 2 N–H and O–H groups in total. The molecule has 2 aromatic rings. The first-order chi connectivity index (χ1) is 12.6. The Balaban J connectivity index is 1.41. The maximum absolute atomic E-state index is 10.2. The minimum atomic E-state index is -0.565. The highest BCUT2D eigenvalue weighted by atomic mass is 16.5. The first kappa shape index (κ1) is 18.1. The highest BCUT2D eigenvalue weighted by Crippen LogP contribution is 2.18. The second-order valence-electron chi connectivity index (χ2n) is 6.41. The standard InChI is InChI=1S/C20H23N3O3/c21-13-16-1-3-17(4-2-16)23-11-9-22(10-12-23)14-19(25)15-26-20-7-5-18(24)6-8-20/h1-8,19,24-25H,9-12,14-15H2/t19-/m1/s1. The maximum atomic E-state index is 10.2. The zero-order valence-corrected chi connectivity index (χ0v) is 14.6. The molecular formula is C20H23N3O3. The van der Waals surface area contributed by atoms with Gasteiger partial charge in [0.2, 0.25) is 0 Å². The molecule has 0 unspecified atom stereocenters. The van der Waals surface area contributed by atoms with Crippen molar-refractivity contribution >= 4 is 5.69 Å². The molecule has 2 aromatic carbocycles. The van der Waals surface area contributed by atoms with Gasteiger partial charge in [-0.1, -0.05) is 0 Å². The molecule has 0 spiro atoms. The average Bonchev–Trinajstić information content (AvgIpc) is 2.68. The summed E-state index contributed by atoms with van der Waals surface area (Å²) in [6, 6.07) is 16.3. The van der Waals surface area contributed by atoms with Crippen molar-refractivity contribution < 1.29 is 14.9 Å². The van der Waals surface area contributed by atoms with Crippen LogP contribution in [-0.2, 0) is 0 Å². The predicted molar refractivity (Wildman–Crippen MR) is 99.4 cm³/mol. The van der Waals surface area contributed by atoms with Crippen molar-refractivity contribution in [3.05, 3.63) is 54.1 Å². The Morgan fingerprint density at radius 3 is 2.27 bits per heavy atom. The van der Waals surface area contributed by atoms with Crippen molar-refractivity contribution in [1.29, 1.82) is 5.26 Å². The van der Waals surface area contributed by atoms with E-state index in [9.17, 15) is 10.2 Å². The first-order valence-corrected chi connectivity index (χ1v) is 8.71. The summed E-state index contributed by atoms with van der Waals surface area (Å²) < 4.78 is 5.55. The molecule has 1 aliphatic rings. The number of hydrogen-bond acceptors (Lipinski definition) is 6. The number of aliphatic hydroxyl groups excluding tert-OH is 1. The summed E-state index contributed by atoms with van der Waals surface area (Å²) in [5.74, 6) is 0.825. The Morgan fingerprint density at radius 2 is 1.65 bits per heavy atom. The number of rotatable bonds is 6. The number of aliphatic hydroxyl groups is 1. The number of phenols is 1. The maximum Gasteiger partial charge on any atom is 0.119 e. The molecule has 26 heavy (non-hydrogen) atoms. The van der Waals surface area contributed by atoms with E-state index in [2.05, 4.69) is 15.9 Å². The highest BCUT2D eigenvalue weighted by molar-refractivity contribution is 5.50. The van der Waals surface area contributed by atoms with Crippen LogP contribution in [0.15, 0.2) is 48.5 Å². The fourth-order valence-corrected chi connectivity index (χ4v) is 3.02. The third-order valence-corrected chi connectivity index (χ3v) is 4.48. The van der Waals surface area contributed by atoms with Gasteiger partial charge in [0.25, 0.3) is 0 Å². The van der Waals surface area contributed by atoms with Crippen LogP contribution in [0.5, 0.6) is 11.5 Å². The number of hydrogen-bond donors (Lipinski definition) is 2. The average molecular weight is 353 g/mol. The van der Waals surface area contributed by atoms with Crippen LogP contribution in [0.1, 0.15) is 5.56 Å². The van der Waals surface area contributed by atoms with Gasteiger partial charge in [-0.05, 0) is 48.5 Å². The van der Waals surface area contributed by atoms with E-state index in [-0.39, 0.29) is 12.4 Å². The molecule has 0 aromatic heterocycles. The molecule has 0 amide bonds. The molecule has 0 bridgehead atoms. The molecule has 3 rings (SSSR count). The minimum Gasteiger partial charge on any atom is -0.508 e. The fraction of sp³-hybridized carbons (Fsp3) is 0.350. The van der Waals surface area contributed by atoms with Crippen molar-refractivity contribution in [3.63, 3.8) is 0 Å². The lowest BCUT2D eigenvalue weighted by atomic mass is 10.2. The monoisotopic (exact) mass is 353 g/mol. The van der Waals surface area contributed by atoms with E-state index < -0.39 is 6.10 Å². The Bertz CT molecular complexity index is 732. The third kappa shape index (κ3) is 4.88. The predicted octanol–water partition coefficient (Wildman–Crippen LogP) is 1.83. The van der Waals surface area contributed by atoms with Crippen LogP contribution in [0.2, 0.25) is 0 Å². The van der Waals surface area contributed by atoms with Crippen LogP contribution in [0.4, 0.5) is 5.69 Å². The first-order valence-electron chi connectivity index (χ1n) is 8.71. The summed E-state index contributed by atoms with van der Waals surface area (Å²) in [7, 11) is 0. The summed E-state index contributed by atoms with van der Waals surface area (Å²) >= 11 is 0. The lowest BCUT2D eigenvalue weighted by Crippen LogP contribution is -2.49. The van der Waals surface area contributed by atoms with Gasteiger partial charge < -0.3 is 19.8 Å². The second-order valence-corrected chi connectivity index (χ2v) is 6.41. The van der Waals surface area contributed by atoms with Crippen molar-refractivity contribution in [2.45, 2.75) is 6.10 Å². The van der Waals surface area contributed by atoms with E-state index in [1.165, 1.54) is 0 Å². The van der Waals surface area contributed by atoms with Gasteiger partial charge in [0.1, 0.15) is 24.2 Å². The lowest BCUT2D eigenvalue weighted by Gasteiger charge is -2.36. The van der Waals surface area contributed by atoms with E-state index in [0.29, 0.717) is 17.9 Å². The Morgan fingerprint density at radius 1 is 1.00 bits per heavy atom. The molecule has 0 aliphatic carbocycles. The second kappa shape index (κ2) is 8.56. The van der Waals surface area contributed by atoms with Crippen molar-refractivity contribution in [2.24, 2.45) is 0 Å². The quantitative estimate of drug-likeness (QED) is 0.825. The van der Waals surface area contributed by atoms with Crippen LogP contribution in [0.3, 0.4) is 0 Å². The number of aromatic hydroxyl groups is 1. The number of ether oxygens (including phenoxy) is 1. The number of anilines is 1. The van der Waals surface area contributed by atoms with Crippen molar-refractivity contribution in [2.75, 3.05) is 44.2 Å². The van der Waals surface area contributed by atoms with Crippen LogP contribution in [0.25, 0.3) is 0 Å². The van der Waals surface area contributed by atoms with E-state index in [4.69, 9.17) is 10.00 Å². The third-order valence-electron chi connectivity index (χ3n) is 4.48. The highest BCUT2D eigenvalue weighted by Gasteiger charge is 2.19. The van der Waals surface area contributed by atoms with Crippen molar-refractivity contribution in [1.82, 2.24) is 4.90 Å².